The molecule has 1 fully saturated rings. The highest BCUT2D eigenvalue weighted by molar-refractivity contribution is 5.78. The van der Waals surface area contributed by atoms with Crippen LogP contribution in [0.25, 0.3) is 0 Å². The number of likely N-dealkylation sites (tertiary alicyclic amines) is 1. The molecule has 1 saturated heterocycles. The lowest BCUT2D eigenvalue weighted by molar-refractivity contribution is -0.141. The zero-order valence-electron chi connectivity index (χ0n) is 14.0. The van der Waals surface area contributed by atoms with Crippen molar-refractivity contribution < 1.29 is 18.0 Å². The van der Waals surface area contributed by atoms with Crippen molar-refractivity contribution in [1.82, 2.24) is 19.8 Å². The Morgan fingerprint density at radius 2 is 2.25 bits per heavy atom. The van der Waals surface area contributed by atoms with Gasteiger partial charge in [-0.2, -0.15) is 13.2 Å². The molecule has 1 aliphatic heterocycles. The molecule has 1 unspecified atom stereocenters. The Balaban J connectivity index is 1.89. The number of rotatable bonds is 7. The smallest absolute Gasteiger partial charge is 0.356 e. The monoisotopic (exact) mass is 346 g/mol. The zero-order chi connectivity index (χ0) is 17.6. The van der Waals surface area contributed by atoms with Crippen LogP contribution in [0.5, 0.6) is 0 Å². The number of aromatic nitrogens is 2. The average molecular weight is 346 g/mol. The lowest BCUT2D eigenvalue weighted by Crippen LogP contribution is -2.43. The second-order valence-electron chi connectivity index (χ2n) is 6.31. The Labute approximate surface area is 140 Å². The number of hydrogen-bond donors (Lipinski definition) is 1. The van der Waals surface area contributed by atoms with Gasteiger partial charge in [0.05, 0.1) is 12.5 Å². The second-order valence-corrected chi connectivity index (χ2v) is 6.31. The van der Waals surface area contributed by atoms with Crippen molar-refractivity contribution in [3.05, 3.63) is 18.2 Å². The standard InChI is InChI=1S/C16H25F3N4O/c1-2-3-6-21-15(24)13-5-4-8-22(10-13)11-14-20-7-9-23(14)12-16(17,18)19/h7,9,13H,2-6,8,10-12H2,1H3,(H,21,24). The van der Waals surface area contributed by atoms with E-state index in [1.165, 1.54) is 12.4 Å². The summed E-state index contributed by atoms with van der Waals surface area (Å²) >= 11 is 0. The number of carbonyl (C=O) groups is 1. The molecule has 136 valence electrons. The molecule has 0 radical (unpaired) electrons. The maximum absolute atomic E-state index is 12.6. The van der Waals surface area contributed by atoms with Crippen molar-refractivity contribution in [2.45, 2.75) is 51.9 Å². The molecule has 0 aromatic carbocycles. The Morgan fingerprint density at radius 3 is 2.96 bits per heavy atom. The van der Waals surface area contributed by atoms with E-state index >= 15 is 0 Å². The van der Waals surface area contributed by atoms with Crippen molar-refractivity contribution in [3.63, 3.8) is 0 Å². The SMILES string of the molecule is CCCCNC(=O)C1CCCN(Cc2nccn2CC(F)(F)F)C1. The summed E-state index contributed by atoms with van der Waals surface area (Å²) < 4.78 is 38.9. The first kappa shape index (κ1) is 18.8. The molecule has 5 nitrogen and oxygen atoms in total. The molecule has 1 N–H and O–H groups in total. The van der Waals surface area contributed by atoms with Crippen molar-refractivity contribution in [3.8, 4) is 0 Å². The summed E-state index contributed by atoms with van der Waals surface area (Å²) in [7, 11) is 0. The molecule has 2 heterocycles. The number of unbranched alkanes of at least 4 members (excludes halogenated alkanes) is 1. The summed E-state index contributed by atoms with van der Waals surface area (Å²) in [5.41, 5.74) is 0. The summed E-state index contributed by atoms with van der Waals surface area (Å²) in [6.07, 6.45) is 2.15. The number of alkyl halides is 3. The molecular weight excluding hydrogens is 321 g/mol. The summed E-state index contributed by atoms with van der Waals surface area (Å²) in [6.45, 7) is 3.40. The molecule has 1 aromatic rings. The minimum atomic E-state index is -4.26. The van der Waals surface area contributed by atoms with Crippen LogP contribution in [0.2, 0.25) is 0 Å². The minimum Gasteiger partial charge on any atom is -0.356 e. The van der Waals surface area contributed by atoms with Crippen molar-refractivity contribution in [1.29, 1.82) is 0 Å². The summed E-state index contributed by atoms with van der Waals surface area (Å²) in [5, 5.41) is 2.94. The molecule has 1 amide bonds. The molecule has 0 saturated carbocycles. The molecular formula is C16H25F3N4O. The van der Waals surface area contributed by atoms with Gasteiger partial charge >= 0.3 is 6.18 Å². The van der Waals surface area contributed by atoms with Crippen molar-refractivity contribution in [2.75, 3.05) is 19.6 Å². The van der Waals surface area contributed by atoms with Gasteiger partial charge in [0.1, 0.15) is 12.4 Å². The largest absolute Gasteiger partial charge is 0.406 e. The van der Waals surface area contributed by atoms with Crippen LogP contribution in [0.15, 0.2) is 12.4 Å². The lowest BCUT2D eigenvalue weighted by atomic mass is 9.97. The van der Waals surface area contributed by atoms with Crippen LogP contribution in [-0.2, 0) is 17.9 Å². The van der Waals surface area contributed by atoms with Gasteiger partial charge in [-0.05, 0) is 25.8 Å². The summed E-state index contributed by atoms with van der Waals surface area (Å²) in [6, 6.07) is 0. The predicted octanol–water partition coefficient (Wildman–Crippen LogP) is 2.57. The number of halogens is 3. The molecule has 8 heteroatoms. The van der Waals surface area contributed by atoms with Gasteiger partial charge < -0.3 is 9.88 Å². The Morgan fingerprint density at radius 1 is 1.46 bits per heavy atom. The number of nitrogens with one attached hydrogen (secondary N) is 1. The molecule has 0 spiro atoms. The Hall–Kier alpha value is -1.57. The quantitative estimate of drug-likeness (QED) is 0.772. The van der Waals surface area contributed by atoms with Crippen molar-refractivity contribution in [2.24, 2.45) is 5.92 Å². The van der Waals surface area contributed by atoms with Crippen LogP contribution in [-0.4, -0.2) is 46.2 Å². The Kier molecular flexibility index (Phi) is 6.65. The van der Waals surface area contributed by atoms with E-state index in [1.807, 2.05) is 4.90 Å². The third-order valence-electron chi connectivity index (χ3n) is 4.22. The maximum Gasteiger partial charge on any atom is 0.406 e. The summed E-state index contributed by atoms with van der Waals surface area (Å²) in [5.74, 6) is 0.341. The number of imidazole rings is 1. The van der Waals surface area contributed by atoms with E-state index in [2.05, 4.69) is 17.2 Å². The first-order valence-electron chi connectivity index (χ1n) is 8.46. The van der Waals surface area contributed by atoms with E-state index in [9.17, 15) is 18.0 Å². The van der Waals surface area contributed by atoms with Crippen LogP contribution < -0.4 is 5.32 Å². The molecule has 1 aliphatic rings. The van der Waals surface area contributed by atoms with Crippen LogP contribution in [0, 0.1) is 5.92 Å². The molecule has 24 heavy (non-hydrogen) atoms. The maximum atomic E-state index is 12.6. The van der Waals surface area contributed by atoms with Crippen molar-refractivity contribution >= 4 is 5.91 Å². The van der Waals surface area contributed by atoms with Gasteiger partial charge in [-0.1, -0.05) is 13.3 Å². The number of piperidine rings is 1. The topological polar surface area (TPSA) is 50.2 Å². The van der Waals surface area contributed by atoms with Gasteiger partial charge in [0.15, 0.2) is 0 Å². The van der Waals surface area contributed by atoms with Gasteiger partial charge in [0.25, 0.3) is 0 Å². The third kappa shape index (κ3) is 5.81. The molecule has 1 aromatic heterocycles. The van der Waals surface area contributed by atoms with E-state index in [-0.39, 0.29) is 11.8 Å². The number of hydrogen-bond acceptors (Lipinski definition) is 3. The van der Waals surface area contributed by atoms with Crippen LogP contribution in [0.3, 0.4) is 0 Å². The van der Waals surface area contributed by atoms with E-state index in [0.717, 1.165) is 36.8 Å². The number of carbonyl (C=O) groups excluding carboxylic acids is 1. The highest BCUT2D eigenvalue weighted by atomic mass is 19.4. The first-order valence-corrected chi connectivity index (χ1v) is 8.46. The van der Waals surface area contributed by atoms with E-state index < -0.39 is 12.7 Å². The third-order valence-corrected chi connectivity index (χ3v) is 4.22. The lowest BCUT2D eigenvalue weighted by Gasteiger charge is -2.31. The van der Waals surface area contributed by atoms with Gasteiger partial charge in [-0.3, -0.25) is 9.69 Å². The molecule has 2 rings (SSSR count). The summed E-state index contributed by atoms with van der Waals surface area (Å²) in [4.78, 5) is 18.2. The number of nitrogens with zero attached hydrogens (tertiary/aromatic N) is 3. The first-order chi connectivity index (χ1) is 11.4. The molecule has 0 bridgehead atoms. The van der Waals surface area contributed by atoms with Gasteiger partial charge in [-0.25, -0.2) is 4.98 Å². The molecule has 0 aliphatic carbocycles. The average Bonchev–Trinajstić information content (AvgIpc) is 2.92. The molecule has 1 atom stereocenters. The predicted molar refractivity (Wildman–Crippen MR) is 84.2 cm³/mol. The van der Waals surface area contributed by atoms with E-state index in [1.54, 1.807) is 0 Å². The van der Waals surface area contributed by atoms with Gasteiger partial charge in [-0.15, -0.1) is 0 Å². The number of amides is 1. The fraction of sp³-hybridized carbons (Fsp3) is 0.750. The highest BCUT2D eigenvalue weighted by Gasteiger charge is 2.30. The fourth-order valence-corrected chi connectivity index (χ4v) is 2.97. The normalized spacial score (nSPS) is 19.4. The highest BCUT2D eigenvalue weighted by Crippen LogP contribution is 2.21. The van der Waals surface area contributed by atoms with E-state index in [4.69, 9.17) is 0 Å². The van der Waals surface area contributed by atoms with Gasteiger partial charge in [0.2, 0.25) is 5.91 Å². The van der Waals surface area contributed by atoms with E-state index in [0.29, 0.717) is 25.5 Å². The zero-order valence-corrected chi connectivity index (χ0v) is 14.0. The van der Waals surface area contributed by atoms with Gasteiger partial charge in [0, 0.05) is 25.5 Å². The van der Waals surface area contributed by atoms with Crippen LogP contribution in [0.1, 0.15) is 38.4 Å². The second kappa shape index (κ2) is 8.50. The minimum absolute atomic E-state index is 0.0479. The van der Waals surface area contributed by atoms with Crippen LogP contribution >= 0.6 is 0 Å². The fourth-order valence-electron chi connectivity index (χ4n) is 2.97. The van der Waals surface area contributed by atoms with Crippen LogP contribution in [0.4, 0.5) is 13.2 Å². The Bertz CT molecular complexity index is 530.